The minimum Gasteiger partial charge on any atom is -0.508 e. The third-order valence-electron chi connectivity index (χ3n) is 1.15. The number of hydrogen-bond donors (Lipinski definition) is 2. The SMILES string of the molecule is C/C=C(O)\C=C(/C)CNC=O. The van der Waals surface area contributed by atoms with Crippen LogP contribution in [0.3, 0.4) is 0 Å². The van der Waals surface area contributed by atoms with Crippen LogP contribution in [-0.4, -0.2) is 18.1 Å². The van der Waals surface area contributed by atoms with Gasteiger partial charge in [-0.25, -0.2) is 0 Å². The second-order valence-electron chi connectivity index (χ2n) is 2.20. The van der Waals surface area contributed by atoms with Crippen LogP contribution < -0.4 is 5.32 Å². The van der Waals surface area contributed by atoms with E-state index in [4.69, 9.17) is 5.11 Å². The molecule has 0 rings (SSSR count). The number of aliphatic hydroxyl groups is 1. The number of amides is 1. The van der Waals surface area contributed by atoms with Crippen LogP contribution in [0.2, 0.25) is 0 Å². The highest BCUT2D eigenvalue weighted by atomic mass is 16.3. The normalized spacial score (nSPS) is 12.9. The van der Waals surface area contributed by atoms with Crippen molar-refractivity contribution in [1.82, 2.24) is 5.32 Å². The van der Waals surface area contributed by atoms with E-state index in [9.17, 15) is 4.79 Å². The zero-order valence-corrected chi connectivity index (χ0v) is 6.79. The highest BCUT2D eigenvalue weighted by Crippen LogP contribution is 1.96. The fourth-order valence-electron chi connectivity index (χ4n) is 0.589. The van der Waals surface area contributed by atoms with Crippen LogP contribution in [0.25, 0.3) is 0 Å². The molecule has 0 spiro atoms. The first-order valence-corrected chi connectivity index (χ1v) is 3.40. The Morgan fingerprint density at radius 2 is 2.27 bits per heavy atom. The van der Waals surface area contributed by atoms with Crippen LogP contribution in [0.5, 0.6) is 0 Å². The molecular weight excluding hydrogens is 142 g/mol. The minimum absolute atomic E-state index is 0.218. The lowest BCUT2D eigenvalue weighted by molar-refractivity contribution is -0.109. The molecule has 1 amide bonds. The van der Waals surface area contributed by atoms with E-state index in [2.05, 4.69) is 5.32 Å². The summed E-state index contributed by atoms with van der Waals surface area (Å²) in [5, 5.41) is 11.5. The van der Waals surface area contributed by atoms with Crippen molar-refractivity contribution in [2.45, 2.75) is 13.8 Å². The average Bonchev–Trinajstić information content (AvgIpc) is 2.00. The number of carbonyl (C=O) groups excluding carboxylic acids is 1. The standard InChI is InChI=1S/C8H13NO2/c1-3-8(11)4-7(2)5-9-6-10/h3-4,6,11H,5H2,1-2H3,(H,9,10)/b7-4+,8-3+. The van der Waals surface area contributed by atoms with E-state index < -0.39 is 0 Å². The quantitative estimate of drug-likeness (QED) is 0.363. The van der Waals surface area contributed by atoms with Gasteiger partial charge >= 0.3 is 0 Å². The van der Waals surface area contributed by atoms with Gasteiger partial charge in [-0.05, 0) is 26.0 Å². The highest BCUT2D eigenvalue weighted by molar-refractivity contribution is 5.46. The van der Waals surface area contributed by atoms with Gasteiger partial charge in [-0.3, -0.25) is 4.79 Å². The molecule has 0 saturated heterocycles. The van der Waals surface area contributed by atoms with E-state index in [0.29, 0.717) is 13.0 Å². The van der Waals surface area contributed by atoms with Gasteiger partial charge in [0.2, 0.25) is 6.41 Å². The van der Waals surface area contributed by atoms with Gasteiger partial charge in [0, 0.05) is 6.54 Å². The Bertz CT molecular complexity index is 183. The average molecular weight is 155 g/mol. The molecule has 11 heavy (non-hydrogen) atoms. The Morgan fingerprint density at radius 3 is 2.73 bits per heavy atom. The second-order valence-corrected chi connectivity index (χ2v) is 2.20. The summed E-state index contributed by atoms with van der Waals surface area (Å²) in [6, 6.07) is 0. The topological polar surface area (TPSA) is 49.3 Å². The molecule has 0 aromatic carbocycles. The molecule has 0 aliphatic rings. The van der Waals surface area contributed by atoms with Crippen molar-refractivity contribution in [1.29, 1.82) is 0 Å². The summed E-state index contributed by atoms with van der Waals surface area (Å²) in [5.41, 5.74) is 0.910. The molecule has 0 heterocycles. The van der Waals surface area contributed by atoms with Gasteiger partial charge in [-0.15, -0.1) is 0 Å². The lowest BCUT2D eigenvalue weighted by Crippen LogP contribution is -2.12. The predicted octanol–water partition coefficient (Wildman–Crippen LogP) is 1.14. The van der Waals surface area contributed by atoms with Crippen molar-refractivity contribution in [2.75, 3.05) is 6.54 Å². The van der Waals surface area contributed by atoms with E-state index in [1.54, 1.807) is 19.1 Å². The van der Waals surface area contributed by atoms with Gasteiger partial charge < -0.3 is 10.4 Å². The molecule has 0 bridgehead atoms. The Labute approximate surface area is 66.4 Å². The number of nitrogens with one attached hydrogen (secondary N) is 1. The van der Waals surface area contributed by atoms with Crippen molar-refractivity contribution in [3.8, 4) is 0 Å². The molecule has 0 fully saturated rings. The van der Waals surface area contributed by atoms with E-state index in [0.717, 1.165) is 5.57 Å². The maximum atomic E-state index is 9.85. The fraction of sp³-hybridized carbons (Fsp3) is 0.375. The Hall–Kier alpha value is -1.25. The number of allylic oxidation sites excluding steroid dienone is 2. The summed E-state index contributed by atoms with van der Waals surface area (Å²) in [6.07, 6.45) is 3.82. The summed E-state index contributed by atoms with van der Waals surface area (Å²) in [7, 11) is 0. The monoisotopic (exact) mass is 155 g/mol. The van der Waals surface area contributed by atoms with Crippen molar-refractivity contribution in [2.24, 2.45) is 0 Å². The number of hydrogen-bond acceptors (Lipinski definition) is 2. The molecule has 62 valence electrons. The van der Waals surface area contributed by atoms with Crippen LogP contribution in [0, 0.1) is 0 Å². The molecule has 0 atom stereocenters. The molecule has 0 aromatic rings. The van der Waals surface area contributed by atoms with E-state index >= 15 is 0 Å². The lowest BCUT2D eigenvalue weighted by atomic mass is 10.2. The predicted molar refractivity (Wildman–Crippen MR) is 44.2 cm³/mol. The summed E-state index contributed by atoms with van der Waals surface area (Å²) < 4.78 is 0. The smallest absolute Gasteiger partial charge is 0.207 e. The van der Waals surface area contributed by atoms with E-state index in [1.807, 2.05) is 6.92 Å². The molecule has 3 heteroatoms. The largest absolute Gasteiger partial charge is 0.508 e. The molecule has 0 unspecified atom stereocenters. The van der Waals surface area contributed by atoms with Crippen molar-refractivity contribution >= 4 is 6.41 Å². The number of rotatable bonds is 4. The Kier molecular flexibility index (Phi) is 4.90. The van der Waals surface area contributed by atoms with E-state index in [1.165, 1.54) is 0 Å². The van der Waals surface area contributed by atoms with Gasteiger partial charge in [-0.1, -0.05) is 5.57 Å². The molecule has 0 aliphatic heterocycles. The highest BCUT2D eigenvalue weighted by Gasteiger charge is 1.88. The van der Waals surface area contributed by atoms with Crippen LogP contribution >= 0.6 is 0 Å². The molecule has 0 aromatic heterocycles. The van der Waals surface area contributed by atoms with Crippen molar-refractivity contribution < 1.29 is 9.90 Å². The second kappa shape index (κ2) is 5.53. The zero-order valence-electron chi connectivity index (χ0n) is 6.79. The maximum Gasteiger partial charge on any atom is 0.207 e. The number of aliphatic hydroxyl groups excluding tert-OH is 1. The molecule has 2 N–H and O–H groups in total. The summed E-state index contributed by atoms with van der Waals surface area (Å²) in [6.45, 7) is 4.05. The third kappa shape index (κ3) is 5.21. The van der Waals surface area contributed by atoms with Crippen LogP contribution in [0.15, 0.2) is 23.5 Å². The fourth-order valence-corrected chi connectivity index (χ4v) is 0.589. The first kappa shape index (κ1) is 9.75. The van der Waals surface area contributed by atoms with Crippen LogP contribution in [0.1, 0.15) is 13.8 Å². The van der Waals surface area contributed by atoms with Gasteiger partial charge in [0.25, 0.3) is 0 Å². The molecule has 0 radical (unpaired) electrons. The Balaban J connectivity index is 3.89. The first-order valence-electron chi connectivity index (χ1n) is 3.40. The van der Waals surface area contributed by atoms with Gasteiger partial charge in [0.1, 0.15) is 5.76 Å². The first-order chi connectivity index (χ1) is 5.20. The molecule has 0 saturated carbocycles. The van der Waals surface area contributed by atoms with Crippen LogP contribution in [-0.2, 0) is 4.79 Å². The molecular formula is C8H13NO2. The van der Waals surface area contributed by atoms with Gasteiger partial charge in [-0.2, -0.15) is 0 Å². The van der Waals surface area contributed by atoms with Gasteiger partial charge in [0.05, 0.1) is 0 Å². The van der Waals surface area contributed by atoms with E-state index in [-0.39, 0.29) is 5.76 Å². The minimum atomic E-state index is 0.218. The lowest BCUT2D eigenvalue weighted by Gasteiger charge is -1.97. The zero-order chi connectivity index (χ0) is 8.69. The molecule has 3 nitrogen and oxygen atoms in total. The summed E-state index contributed by atoms with van der Waals surface area (Å²) >= 11 is 0. The number of carbonyl (C=O) groups is 1. The molecule has 0 aliphatic carbocycles. The maximum absolute atomic E-state index is 9.85. The van der Waals surface area contributed by atoms with Crippen molar-refractivity contribution in [3.05, 3.63) is 23.5 Å². The summed E-state index contributed by atoms with van der Waals surface area (Å²) in [4.78, 5) is 9.85. The van der Waals surface area contributed by atoms with Gasteiger partial charge in [0.15, 0.2) is 0 Å². The summed E-state index contributed by atoms with van der Waals surface area (Å²) in [5.74, 6) is 0.218. The Morgan fingerprint density at radius 1 is 1.64 bits per heavy atom. The van der Waals surface area contributed by atoms with Crippen molar-refractivity contribution in [3.63, 3.8) is 0 Å². The van der Waals surface area contributed by atoms with Crippen LogP contribution in [0.4, 0.5) is 0 Å². The third-order valence-corrected chi connectivity index (χ3v) is 1.15.